The summed E-state index contributed by atoms with van der Waals surface area (Å²) in [6.07, 6.45) is 0.418. The summed E-state index contributed by atoms with van der Waals surface area (Å²) in [4.78, 5) is 22.6. The van der Waals surface area contributed by atoms with Crippen molar-refractivity contribution in [3.63, 3.8) is 0 Å². The van der Waals surface area contributed by atoms with Crippen LogP contribution in [-0.2, 0) is 24.9 Å². The molecule has 11 heteroatoms. The number of fused-ring (bicyclic) bond motifs is 1. The van der Waals surface area contributed by atoms with E-state index in [1.54, 1.807) is 39.2 Å². The highest BCUT2D eigenvalue weighted by Gasteiger charge is 2.29. The van der Waals surface area contributed by atoms with Gasteiger partial charge >= 0.3 is 7.60 Å². The maximum Gasteiger partial charge on any atom is 0.356 e. The molecule has 146 valence electrons. The van der Waals surface area contributed by atoms with Crippen LogP contribution in [-0.4, -0.2) is 44.2 Å². The summed E-state index contributed by atoms with van der Waals surface area (Å²) in [5.41, 5.74) is 5.69. The van der Waals surface area contributed by atoms with E-state index >= 15 is 0 Å². The van der Waals surface area contributed by atoms with Gasteiger partial charge < -0.3 is 24.1 Å². The second-order valence-electron chi connectivity index (χ2n) is 6.55. The van der Waals surface area contributed by atoms with E-state index < -0.39 is 7.60 Å². The SMILES string of the molecule is CC(C)OP(=O)(CO[C@H](C)Cn1cnc2nc(N)[nH]c(=O)c21)OC(C)C. The predicted octanol–water partition coefficient (Wildman–Crippen LogP) is 2.11. The van der Waals surface area contributed by atoms with Crippen LogP contribution in [0.1, 0.15) is 34.6 Å². The Morgan fingerprint density at radius 1 is 1.23 bits per heavy atom. The molecule has 0 amide bonds. The topological polar surface area (TPSA) is 134 Å². The van der Waals surface area contributed by atoms with Crippen LogP contribution in [0.15, 0.2) is 11.1 Å². The highest BCUT2D eigenvalue weighted by atomic mass is 31.2. The maximum atomic E-state index is 12.8. The Kier molecular flexibility index (Phi) is 6.57. The number of nitrogens with zero attached hydrogens (tertiary/aromatic N) is 3. The van der Waals surface area contributed by atoms with Gasteiger partial charge in [-0.05, 0) is 34.6 Å². The summed E-state index contributed by atoms with van der Waals surface area (Å²) in [5.74, 6) is 0.00894. The van der Waals surface area contributed by atoms with Crippen LogP contribution in [0, 0.1) is 0 Å². The molecule has 0 saturated carbocycles. The maximum absolute atomic E-state index is 12.8. The Hall–Kier alpha value is -1.74. The largest absolute Gasteiger partial charge is 0.369 e. The molecule has 0 unspecified atom stereocenters. The number of nitrogens with one attached hydrogen (secondary N) is 1. The molecule has 0 saturated heterocycles. The van der Waals surface area contributed by atoms with Crippen molar-refractivity contribution in [2.75, 3.05) is 12.1 Å². The van der Waals surface area contributed by atoms with Crippen LogP contribution < -0.4 is 11.3 Å². The van der Waals surface area contributed by atoms with Crippen molar-refractivity contribution in [2.24, 2.45) is 0 Å². The molecule has 0 aromatic carbocycles. The van der Waals surface area contributed by atoms with E-state index in [0.29, 0.717) is 12.1 Å². The van der Waals surface area contributed by atoms with Crippen LogP contribution in [0.3, 0.4) is 0 Å². The predicted molar refractivity (Wildman–Crippen MR) is 98.0 cm³/mol. The molecular formula is C15H26N5O5P. The molecule has 10 nitrogen and oxygen atoms in total. The van der Waals surface area contributed by atoms with E-state index in [2.05, 4.69) is 15.0 Å². The van der Waals surface area contributed by atoms with Crippen molar-refractivity contribution in [2.45, 2.75) is 59.5 Å². The first-order chi connectivity index (χ1) is 12.1. The minimum absolute atomic E-state index is 0.00894. The van der Waals surface area contributed by atoms with Crippen LogP contribution in [0.25, 0.3) is 11.2 Å². The fourth-order valence-electron chi connectivity index (χ4n) is 2.42. The average molecular weight is 387 g/mol. The first-order valence-electron chi connectivity index (χ1n) is 8.37. The van der Waals surface area contributed by atoms with Crippen molar-refractivity contribution in [3.05, 3.63) is 16.7 Å². The zero-order chi connectivity index (χ0) is 19.5. The number of H-pyrrole nitrogens is 1. The molecule has 3 N–H and O–H groups in total. The van der Waals surface area contributed by atoms with E-state index in [1.807, 2.05) is 0 Å². The molecule has 2 aromatic rings. The summed E-state index contributed by atoms with van der Waals surface area (Å²) in [5, 5.41) is 0. The van der Waals surface area contributed by atoms with Crippen LogP contribution in [0.4, 0.5) is 5.95 Å². The Morgan fingerprint density at radius 2 is 1.85 bits per heavy atom. The first kappa shape index (κ1) is 20.6. The van der Waals surface area contributed by atoms with E-state index in [4.69, 9.17) is 19.5 Å². The van der Waals surface area contributed by atoms with Crippen molar-refractivity contribution in [1.29, 1.82) is 0 Å². The molecule has 0 spiro atoms. The summed E-state index contributed by atoms with van der Waals surface area (Å²) in [6, 6.07) is 0. The van der Waals surface area contributed by atoms with E-state index in [1.165, 1.54) is 6.33 Å². The van der Waals surface area contributed by atoms with Gasteiger partial charge in [0.15, 0.2) is 11.2 Å². The average Bonchev–Trinajstić information content (AvgIpc) is 2.86. The molecular weight excluding hydrogens is 361 g/mol. The minimum Gasteiger partial charge on any atom is -0.369 e. The monoisotopic (exact) mass is 387 g/mol. The normalized spacial score (nSPS) is 13.8. The van der Waals surface area contributed by atoms with Gasteiger partial charge in [-0.15, -0.1) is 0 Å². The minimum atomic E-state index is -3.38. The number of rotatable bonds is 9. The number of hydrogen-bond acceptors (Lipinski definition) is 8. The van der Waals surface area contributed by atoms with Gasteiger partial charge in [0.25, 0.3) is 5.56 Å². The van der Waals surface area contributed by atoms with Gasteiger partial charge in [0.1, 0.15) is 6.35 Å². The standard InChI is InChI=1S/C15H26N5O5P/c1-9(2)24-26(22,25-10(3)4)8-23-11(5)6-20-7-17-13-12(20)14(21)19-15(16)18-13/h7,9-11H,6,8H2,1-5H3,(H3,16,18,19,21)/t11-/m1/s1. The smallest absolute Gasteiger partial charge is 0.356 e. The zero-order valence-corrected chi connectivity index (χ0v) is 16.5. The second kappa shape index (κ2) is 8.30. The Labute approximate surface area is 151 Å². The van der Waals surface area contributed by atoms with Crippen LogP contribution in [0.2, 0.25) is 0 Å². The molecule has 1 atom stereocenters. The van der Waals surface area contributed by atoms with Gasteiger partial charge in [0.2, 0.25) is 5.95 Å². The number of nitrogens with two attached hydrogens (primary N) is 1. The molecule has 0 aliphatic heterocycles. The lowest BCUT2D eigenvalue weighted by Crippen LogP contribution is -2.21. The number of aromatic nitrogens is 4. The van der Waals surface area contributed by atoms with Gasteiger partial charge in [0.05, 0.1) is 31.2 Å². The molecule has 26 heavy (non-hydrogen) atoms. The summed E-state index contributed by atoms with van der Waals surface area (Å²) in [7, 11) is -3.38. The number of nitrogen functional groups attached to an aromatic ring is 1. The van der Waals surface area contributed by atoms with Crippen molar-refractivity contribution < 1.29 is 18.3 Å². The molecule has 0 aliphatic rings. The Morgan fingerprint density at radius 3 is 2.42 bits per heavy atom. The van der Waals surface area contributed by atoms with Crippen molar-refractivity contribution >= 4 is 24.7 Å². The highest BCUT2D eigenvalue weighted by molar-refractivity contribution is 7.53. The van der Waals surface area contributed by atoms with Gasteiger partial charge in [-0.3, -0.25) is 14.3 Å². The summed E-state index contributed by atoms with van der Waals surface area (Å²) in [6.45, 7) is 9.23. The lowest BCUT2D eigenvalue weighted by Gasteiger charge is -2.24. The fourth-order valence-corrected chi connectivity index (χ4v) is 4.31. The quantitative estimate of drug-likeness (QED) is 0.625. The van der Waals surface area contributed by atoms with Crippen LogP contribution in [0.5, 0.6) is 0 Å². The number of imidazole rings is 1. The lowest BCUT2D eigenvalue weighted by atomic mass is 10.4. The molecule has 2 rings (SSSR count). The molecule has 0 radical (unpaired) electrons. The fraction of sp³-hybridized carbons (Fsp3) is 0.667. The van der Waals surface area contributed by atoms with Gasteiger partial charge in [0, 0.05) is 0 Å². The van der Waals surface area contributed by atoms with Gasteiger partial charge in [-0.2, -0.15) is 4.98 Å². The van der Waals surface area contributed by atoms with Crippen molar-refractivity contribution in [1.82, 2.24) is 19.5 Å². The highest BCUT2D eigenvalue weighted by Crippen LogP contribution is 2.50. The van der Waals surface area contributed by atoms with E-state index in [-0.39, 0.29) is 41.8 Å². The molecule has 0 fully saturated rings. The summed E-state index contributed by atoms with van der Waals surface area (Å²) < 4.78 is 31.0. The third kappa shape index (κ3) is 5.38. The van der Waals surface area contributed by atoms with Gasteiger partial charge in [-0.1, -0.05) is 0 Å². The number of aromatic amines is 1. The molecule has 2 heterocycles. The van der Waals surface area contributed by atoms with Crippen LogP contribution >= 0.6 is 7.60 Å². The number of ether oxygens (including phenoxy) is 1. The molecule has 2 aromatic heterocycles. The zero-order valence-electron chi connectivity index (χ0n) is 15.6. The third-order valence-electron chi connectivity index (χ3n) is 3.22. The number of hydrogen-bond donors (Lipinski definition) is 2. The number of anilines is 1. The summed E-state index contributed by atoms with van der Waals surface area (Å²) >= 11 is 0. The first-order valence-corrected chi connectivity index (χ1v) is 10.1. The third-order valence-corrected chi connectivity index (χ3v) is 5.17. The molecule has 0 aliphatic carbocycles. The van der Waals surface area contributed by atoms with E-state index in [0.717, 1.165) is 0 Å². The van der Waals surface area contributed by atoms with Gasteiger partial charge in [-0.25, -0.2) is 4.98 Å². The van der Waals surface area contributed by atoms with E-state index in [9.17, 15) is 9.36 Å². The second-order valence-corrected chi connectivity index (χ2v) is 8.45. The molecule has 0 bridgehead atoms. The lowest BCUT2D eigenvalue weighted by molar-refractivity contribution is 0.0549. The Balaban J connectivity index is 2.07. The van der Waals surface area contributed by atoms with Crippen molar-refractivity contribution in [3.8, 4) is 0 Å². The Bertz CT molecular complexity index is 833.